The molecule has 1 atom stereocenters. The highest BCUT2D eigenvalue weighted by molar-refractivity contribution is 5.79. The summed E-state index contributed by atoms with van der Waals surface area (Å²) in [5.41, 5.74) is 2.04. The molecule has 1 unspecified atom stereocenters. The zero-order chi connectivity index (χ0) is 15.7. The molecule has 0 aromatic carbocycles. The molecule has 2 N–H and O–H groups in total. The molecule has 1 rings (SSSR count). The molecule has 0 radical (unpaired) electrons. The maximum atomic E-state index is 4.62. The molecule has 1 aromatic rings. The molecule has 0 fully saturated rings. The zero-order valence-corrected chi connectivity index (χ0v) is 14.1. The predicted molar refractivity (Wildman–Crippen MR) is 90.5 cm³/mol. The van der Waals surface area contributed by atoms with Crippen LogP contribution in [0.15, 0.2) is 23.2 Å². The molecule has 0 saturated carbocycles. The number of rotatable bonds is 7. The lowest BCUT2D eigenvalue weighted by Gasteiger charge is -2.18. The van der Waals surface area contributed by atoms with Gasteiger partial charge in [-0.05, 0) is 51.7 Å². The second-order valence-corrected chi connectivity index (χ2v) is 5.98. The van der Waals surface area contributed by atoms with Gasteiger partial charge >= 0.3 is 0 Å². The molecule has 0 saturated heterocycles. The Morgan fingerprint density at radius 2 is 2.00 bits per heavy atom. The molecule has 0 spiro atoms. The summed E-state index contributed by atoms with van der Waals surface area (Å²) in [6, 6.07) is 6.47. The van der Waals surface area contributed by atoms with Crippen molar-refractivity contribution in [2.24, 2.45) is 10.9 Å². The highest BCUT2D eigenvalue weighted by Crippen LogP contribution is 2.06. The summed E-state index contributed by atoms with van der Waals surface area (Å²) < 4.78 is 0. The fourth-order valence-electron chi connectivity index (χ4n) is 2.06. The van der Waals surface area contributed by atoms with Gasteiger partial charge in [0, 0.05) is 18.3 Å². The number of pyridine rings is 1. The van der Waals surface area contributed by atoms with Crippen molar-refractivity contribution in [2.45, 2.75) is 60.0 Å². The Balaban J connectivity index is 2.56. The highest BCUT2D eigenvalue weighted by atomic mass is 15.2. The largest absolute Gasteiger partial charge is 0.357 e. The van der Waals surface area contributed by atoms with Crippen LogP contribution in [0.25, 0.3) is 0 Å². The van der Waals surface area contributed by atoms with Crippen molar-refractivity contribution >= 4 is 5.96 Å². The van der Waals surface area contributed by atoms with Gasteiger partial charge in [-0.25, -0.2) is 4.99 Å². The maximum Gasteiger partial charge on any atom is 0.191 e. The quantitative estimate of drug-likeness (QED) is 0.598. The van der Waals surface area contributed by atoms with Crippen molar-refractivity contribution in [3.63, 3.8) is 0 Å². The third-order valence-corrected chi connectivity index (χ3v) is 3.25. The van der Waals surface area contributed by atoms with Crippen LogP contribution in [0.5, 0.6) is 0 Å². The average Bonchev–Trinajstić information content (AvgIpc) is 2.43. The van der Waals surface area contributed by atoms with Crippen LogP contribution in [0.3, 0.4) is 0 Å². The molecule has 0 aliphatic rings. The number of nitrogens with one attached hydrogen (secondary N) is 2. The summed E-state index contributed by atoms with van der Waals surface area (Å²) in [5.74, 6) is 1.61. The van der Waals surface area contributed by atoms with E-state index in [9.17, 15) is 0 Å². The number of aromatic nitrogens is 1. The predicted octanol–water partition coefficient (Wildman–Crippen LogP) is 3.27. The van der Waals surface area contributed by atoms with E-state index in [1.165, 1.54) is 6.42 Å². The SMILES string of the molecule is CCNC(=NCc1cccc(C)n1)NC(C)CCC(C)C. The van der Waals surface area contributed by atoms with Crippen molar-refractivity contribution in [2.75, 3.05) is 6.54 Å². The zero-order valence-electron chi connectivity index (χ0n) is 14.1. The summed E-state index contributed by atoms with van der Waals surface area (Å²) in [4.78, 5) is 9.11. The maximum absolute atomic E-state index is 4.62. The summed E-state index contributed by atoms with van der Waals surface area (Å²) in [6.07, 6.45) is 2.39. The third-order valence-electron chi connectivity index (χ3n) is 3.25. The molecular formula is C17H30N4. The standard InChI is InChI=1S/C17H30N4/c1-6-18-17(21-15(5)11-10-13(2)3)19-12-16-9-7-8-14(4)20-16/h7-9,13,15H,6,10-12H2,1-5H3,(H2,18,19,21). The minimum absolute atomic E-state index is 0.427. The van der Waals surface area contributed by atoms with Gasteiger partial charge in [0.2, 0.25) is 0 Å². The normalized spacial score (nSPS) is 13.3. The Hall–Kier alpha value is -1.58. The van der Waals surface area contributed by atoms with Gasteiger partial charge in [0.05, 0.1) is 12.2 Å². The van der Waals surface area contributed by atoms with E-state index in [1.807, 2.05) is 25.1 Å². The number of aliphatic imine (C=N–C) groups is 1. The Labute approximate surface area is 129 Å². The van der Waals surface area contributed by atoms with Gasteiger partial charge in [-0.15, -0.1) is 0 Å². The van der Waals surface area contributed by atoms with E-state index in [0.29, 0.717) is 12.6 Å². The van der Waals surface area contributed by atoms with Crippen molar-refractivity contribution in [1.82, 2.24) is 15.6 Å². The molecular weight excluding hydrogens is 260 g/mol. The first-order valence-electron chi connectivity index (χ1n) is 7.98. The van der Waals surface area contributed by atoms with E-state index in [-0.39, 0.29) is 0 Å². The second-order valence-electron chi connectivity index (χ2n) is 5.98. The van der Waals surface area contributed by atoms with Crippen LogP contribution in [0, 0.1) is 12.8 Å². The van der Waals surface area contributed by atoms with Gasteiger partial charge in [0.15, 0.2) is 5.96 Å². The molecule has 118 valence electrons. The van der Waals surface area contributed by atoms with Gasteiger partial charge in [-0.1, -0.05) is 19.9 Å². The first-order chi connectivity index (χ1) is 10.0. The van der Waals surface area contributed by atoms with E-state index in [1.54, 1.807) is 0 Å². The molecule has 4 nitrogen and oxygen atoms in total. The first kappa shape index (κ1) is 17.5. The van der Waals surface area contributed by atoms with Gasteiger partial charge in [0.25, 0.3) is 0 Å². The minimum atomic E-state index is 0.427. The van der Waals surface area contributed by atoms with Crippen molar-refractivity contribution in [1.29, 1.82) is 0 Å². The number of nitrogens with zero attached hydrogens (tertiary/aromatic N) is 2. The van der Waals surface area contributed by atoms with Crippen LogP contribution in [-0.2, 0) is 6.54 Å². The van der Waals surface area contributed by atoms with E-state index >= 15 is 0 Å². The Morgan fingerprint density at radius 1 is 1.24 bits per heavy atom. The topological polar surface area (TPSA) is 49.3 Å². The molecule has 4 heteroatoms. The third kappa shape index (κ3) is 7.69. The van der Waals surface area contributed by atoms with E-state index in [0.717, 1.165) is 36.2 Å². The minimum Gasteiger partial charge on any atom is -0.357 e. The van der Waals surface area contributed by atoms with E-state index in [2.05, 4.69) is 48.3 Å². The second kappa shape index (κ2) is 9.37. The monoisotopic (exact) mass is 290 g/mol. The average molecular weight is 290 g/mol. The summed E-state index contributed by atoms with van der Waals surface area (Å²) in [7, 11) is 0. The molecule has 0 aliphatic heterocycles. The Bertz CT molecular complexity index is 440. The Kier molecular flexibility index (Phi) is 7.80. The fraction of sp³-hybridized carbons (Fsp3) is 0.647. The van der Waals surface area contributed by atoms with Crippen LogP contribution in [0.4, 0.5) is 0 Å². The Morgan fingerprint density at radius 3 is 2.62 bits per heavy atom. The number of aryl methyl sites for hydroxylation is 1. The van der Waals surface area contributed by atoms with Crippen molar-refractivity contribution < 1.29 is 0 Å². The van der Waals surface area contributed by atoms with Crippen LogP contribution in [0.1, 0.15) is 51.9 Å². The molecule has 0 amide bonds. The highest BCUT2D eigenvalue weighted by Gasteiger charge is 2.06. The lowest BCUT2D eigenvalue weighted by molar-refractivity contribution is 0.489. The number of hydrogen-bond acceptors (Lipinski definition) is 2. The lowest BCUT2D eigenvalue weighted by atomic mass is 10.0. The van der Waals surface area contributed by atoms with Gasteiger partial charge in [-0.2, -0.15) is 0 Å². The van der Waals surface area contributed by atoms with E-state index < -0.39 is 0 Å². The lowest BCUT2D eigenvalue weighted by Crippen LogP contribution is -2.42. The van der Waals surface area contributed by atoms with Crippen molar-refractivity contribution in [3.05, 3.63) is 29.6 Å². The van der Waals surface area contributed by atoms with Gasteiger partial charge in [0.1, 0.15) is 0 Å². The molecule has 0 aliphatic carbocycles. The van der Waals surface area contributed by atoms with Crippen molar-refractivity contribution in [3.8, 4) is 0 Å². The van der Waals surface area contributed by atoms with Crippen LogP contribution in [0.2, 0.25) is 0 Å². The molecule has 1 heterocycles. The summed E-state index contributed by atoms with van der Waals surface area (Å²) in [6.45, 7) is 12.3. The van der Waals surface area contributed by atoms with Crippen LogP contribution >= 0.6 is 0 Å². The number of guanidine groups is 1. The molecule has 0 bridgehead atoms. The molecule has 1 aromatic heterocycles. The van der Waals surface area contributed by atoms with Gasteiger partial charge < -0.3 is 10.6 Å². The summed E-state index contributed by atoms with van der Waals surface area (Å²) >= 11 is 0. The van der Waals surface area contributed by atoms with Crippen LogP contribution in [-0.4, -0.2) is 23.5 Å². The van der Waals surface area contributed by atoms with Gasteiger partial charge in [-0.3, -0.25) is 4.98 Å². The summed E-state index contributed by atoms with van der Waals surface area (Å²) in [5, 5.41) is 6.77. The van der Waals surface area contributed by atoms with Crippen LogP contribution < -0.4 is 10.6 Å². The first-order valence-corrected chi connectivity index (χ1v) is 7.98. The fourth-order valence-corrected chi connectivity index (χ4v) is 2.06. The smallest absolute Gasteiger partial charge is 0.191 e. The molecule has 21 heavy (non-hydrogen) atoms. The van der Waals surface area contributed by atoms with E-state index in [4.69, 9.17) is 0 Å². The number of hydrogen-bond donors (Lipinski definition) is 2.